The highest BCUT2D eigenvalue weighted by Crippen LogP contribution is 1.90. The van der Waals surface area contributed by atoms with E-state index in [1.54, 1.807) is 0 Å². The van der Waals surface area contributed by atoms with Crippen LogP contribution in [0.15, 0.2) is 0 Å². The molecule has 15 heavy (non-hydrogen) atoms. The average Bonchev–Trinajstić information content (AvgIpc) is 2.25. The molecule has 0 aromatic heterocycles. The fourth-order valence-electron chi connectivity index (χ4n) is 0.799. The number of nitrogens with one attached hydrogen (secondary N) is 1. The Morgan fingerprint density at radius 3 is 2.33 bits per heavy atom. The van der Waals surface area contributed by atoms with Crippen LogP contribution in [0.5, 0.6) is 0 Å². The van der Waals surface area contributed by atoms with Crippen molar-refractivity contribution in [1.82, 2.24) is 5.32 Å². The zero-order valence-electron chi connectivity index (χ0n) is 10.9. The molecule has 92 valence electrons. The van der Waals surface area contributed by atoms with Gasteiger partial charge in [0.15, 0.2) is 0 Å². The number of carbonyl (C=O) groups is 1. The molecule has 3 nitrogen and oxygen atoms in total. The molecule has 0 aliphatic rings. The minimum absolute atomic E-state index is 0.0654. The van der Waals surface area contributed by atoms with Crippen LogP contribution in [-0.4, -0.2) is 25.7 Å². The van der Waals surface area contributed by atoms with Crippen molar-refractivity contribution < 1.29 is 9.53 Å². The molecular weight excluding hydrogens is 190 g/mol. The van der Waals surface area contributed by atoms with Crippen molar-refractivity contribution in [2.24, 2.45) is 5.92 Å². The maximum absolute atomic E-state index is 11.1. The van der Waals surface area contributed by atoms with Gasteiger partial charge in [-0.3, -0.25) is 4.79 Å². The lowest BCUT2D eigenvalue weighted by Crippen LogP contribution is -2.30. The first-order valence-corrected chi connectivity index (χ1v) is 6.04. The molecular formula is C12H27NO2. The van der Waals surface area contributed by atoms with Crippen molar-refractivity contribution in [3.63, 3.8) is 0 Å². The van der Waals surface area contributed by atoms with Crippen molar-refractivity contribution in [1.29, 1.82) is 0 Å². The van der Waals surface area contributed by atoms with Crippen LogP contribution in [0.25, 0.3) is 0 Å². The number of unbranched alkanes of at least 4 members (excludes halogenated alkanes) is 1. The van der Waals surface area contributed by atoms with Gasteiger partial charge in [-0.1, -0.05) is 41.0 Å². The van der Waals surface area contributed by atoms with E-state index in [1.165, 1.54) is 0 Å². The van der Waals surface area contributed by atoms with Crippen molar-refractivity contribution in [3.05, 3.63) is 0 Å². The van der Waals surface area contributed by atoms with Crippen LogP contribution in [0.3, 0.4) is 0 Å². The van der Waals surface area contributed by atoms with Gasteiger partial charge in [0.2, 0.25) is 5.91 Å². The molecule has 0 atom stereocenters. The molecule has 0 aliphatic heterocycles. The minimum atomic E-state index is 0.0654. The lowest BCUT2D eigenvalue weighted by atomic mass is 10.2. The Morgan fingerprint density at radius 2 is 1.87 bits per heavy atom. The molecule has 0 radical (unpaired) electrons. The number of hydrogen-bond donors (Lipinski definition) is 1. The quantitative estimate of drug-likeness (QED) is 0.666. The maximum Gasteiger partial charge on any atom is 0.222 e. The van der Waals surface area contributed by atoms with Gasteiger partial charge in [-0.05, 0) is 6.42 Å². The van der Waals surface area contributed by atoms with Crippen LogP contribution in [-0.2, 0) is 9.53 Å². The monoisotopic (exact) mass is 217 g/mol. The molecule has 0 aromatic carbocycles. The predicted octanol–water partition coefficient (Wildman–Crippen LogP) is 2.60. The van der Waals surface area contributed by atoms with E-state index in [2.05, 4.69) is 12.2 Å². The van der Waals surface area contributed by atoms with Crippen molar-refractivity contribution >= 4 is 5.91 Å². The normalized spacial score (nSPS) is 9.47. The average molecular weight is 217 g/mol. The lowest BCUT2D eigenvalue weighted by molar-refractivity contribution is -0.124. The Kier molecular flexibility index (Phi) is 15.1. The second-order valence-electron chi connectivity index (χ2n) is 3.41. The molecule has 1 amide bonds. The Hall–Kier alpha value is -0.570. The summed E-state index contributed by atoms with van der Waals surface area (Å²) in [4.78, 5) is 11.1. The topological polar surface area (TPSA) is 38.3 Å². The van der Waals surface area contributed by atoms with Gasteiger partial charge >= 0.3 is 0 Å². The first-order chi connectivity index (χ1) is 7.18. The first-order valence-electron chi connectivity index (χ1n) is 6.04. The van der Waals surface area contributed by atoms with Gasteiger partial charge in [0.05, 0.1) is 6.61 Å². The molecule has 0 spiro atoms. The molecule has 1 N–H and O–H groups in total. The molecule has 0 unspecified atom stereocenters. The lowest BCUT2D eigenvalue weighted by Gasteiger charge is -2.07. The molecule has 0 aromatic rings. The number of hydrogen-bond acceptors (Lipinski definition) is 2. The number of amides is 1. The summed E-state index contributed by atoms with van der Waals surface area (Å²) in [6.07, 6.45) is 2.25. The molecule has 0 heterocycles. The van der Waals surface area contributed by atoms with E-state index in [0.29, 0.717) is 13.2 Å². The number of ether oxygens (including phenoxy) is 1. The summed E-state index contributed by atoms with van der Waals surface area (Å²) in [6, 6.07) is 0. The predicted molar refractivity (Wildman–Crippen MR) is 64.9 cm³/mol. The fraction of sp³-hybridized carbons (Fsp3) is 0.917. The second-order valence-corrected chi connectivity index (χ2v) is 3.41. The van der Waals surface area contributed by atoms with Crippen molar-refractivity contribution in [2.45, 2.75) is 47.5 Å². The molecule has 3 heteroatoms. The molecule has 0 bridgehead atoms. The van der Waals surface area contributed by atoms with Crippen LogP contribution < -0.4 is 5.32 Å². The van der Waals surface area contributed by atoms with Crippen LogP contribution in [0.1, 0.15) is 47.5 Å². The van der Waals surface area contributed by atoms with Crippen LogP contribution in [0.4, 0.5) is 0 Å². The van der Waals surface area contributed by atoms with Crippen LogP contribution in [0.2, 0.25) is 0 Å². The van der Waals surface area contributed by atoms with E-state index in [9.17, 15) is 4.79 Å². The SMILES string of the molecule is CC.CCCCOCCNC(=O)C(C)C. The van der Waals surface area contributed by atoms with Gasteiger partial charge in [-0.15, -0.1) is 0 Å². The Labute approximate surface area is 94.6 Å². The third kappa shape index (κ3) is 13.4. The molecule has 0 rings (SSSR count). The van der Waals surface area contributed by atoms with E-state index in [0.717, 1.165) is 19.4 Å². The summed E-state index contributed by atoms with van der Waals surface area (Å²) in [5, 5.41) is 2.80. The standard InChI is InChI=1S/C10H21NO2.C2H6/c1-4-5-7-13-8-6-11-10(12)9(2)3;1-2/h9H,4-8H2,1-3H3,(H,11,12);1-2H3. The summed E-state index contributed by atoms with van der Waals surface area (Å²) in [5.41, 5.74) is 0. The third-order valence-electron chi connectivity index (χ3n) is 1.71. The highest BCUT2D eigenvalue weighted by atomic mass is 16.5. The summed E-state index contributed by atoms with van der Waals surface area (Å²) >= 11 is 0. The van der Waals surface area contributed by atoms with Gasteiger partial charge in [0, 0.05) is 19.1 Å². The smallest absolute Gasteiger partial charge is 0.222 e. The minimum Gasteiger partial charge on any atom is -0.380 e. The zero-order chi connectivity index (χ0) is 12.1. The highest BCUT2D eigenvalue weighted by Gasteiger charge is 2.04. The maximum atomic E-state index is 11.1. The van der Waals surface area contributed by atoms with E-state index in [-0.39, 0.29) is 11.8 Å². The second kappa shape index (κ2) is 13.4. The van der Waals surface area contributed by atoms with Gasteiger partial charge in [-0.25, -0.2) is 0 Å². The highest BCUT2D eigenvalue weighted by molar-refractivity contribution is 5.77. The molecule has 0 saturated carbocycles. The number of rotatable bonds is 7. The molecule has 0 aliphatic carbocycles. The van der Waals surface area contributed by atoms with E-state index >= 15 is 0 Å². The first kappa shape index (κ1) is 16.8. The van der Waals surface area contributed by atoms with Gasteiger partial charge < -0.3 is 10.1 Å². The van der Waals surface area contributed by atoms with Gasteiger partial charge in [0.1, 0.15) is 0 Å². The number of carbonyl (C=O) groups excluding carboxylic acids is 1. The van der Waals surface area contributed by atoms with Crippen LogP contribution in [0, 0.1) is 5.92 Å². The van der Waals surface area contributed by atoms with Crippen molar-refractivity contribution in [3.8, 4) is 0 Å². The largest absolute Gasteiger partial charge is 0.380 e. The Morgan fingerprint density at radius 1 is 1.27 bits per heavy atom. The van der Waals surface area contributed by atoms with Crippen molar-refractivity contribution in [2.75, 3.05) is 19.8 Å². The Bertz CT molecular complexity index is 136. The van der Waals surface area contributed by atoms with Crippen LogP contribution >= 0.6 is 0 Å². The molecule has 0 saturated heterocycles. The summed E-state index contributed by atoms with van der Waals surface area (Å²) in [5.74, 6) is 0.162. The molecule has 0 fully saturated rings. The summed E-state index contributed by atoms with van der Waals surface area (Å²) in [6.45, 7) is 11.9. The Balaban J connectivity index is 0. The van der Waals surface area contributed by atoms with Gasteiger partial charge in [-0.2, -0.15) is 0 Å². The van der Waals surface area contributed by atoms with E-state index in [1.807, 2.05) is 27.7 Å². The van der Waals surface area contributed by atoms with E-state index < -0.39 is 0 Å². The summed E-state index contributed by atoms with van der Waals surface area (Å²) in [7, 11) is 0. The third-order valence-corrected chi connectivity index (χ3v) is 1.71. The zero-order valence-corrected chi connectivity index (χ0v) is 10.9. The van der Waals surface area contributed by atoms with Gasteiger partial charge in [0.25, 0.3) is 0 Å². The van der Waals surface area contributed by atoms with E-state index in [4.69, 9.17) is 4.74 Å². The fourth-order valence-corrected chi connectivity index (χ4v) is 0.799. The summed E-state index contributed by atoms with van der Waals surface area (Å²) < 4.78 is 5.29.